The zero-order valence-electron chi connectivity index (χ0n) is 21.6. The topological polar surface area (TPSA) is 208 Å². The van der Waals surface area contributed by atoms with Crippen molar-refractivity contribution in [1.29, 1.82) is 0 Å². The molecular formula is C25H28N4O11. The SMILES string of the molecule is CC(C)C(=O)ONc1ccn([C@@H]2O[C@H](COC(=O)[C@H](N)CCO)[C@H]3OC(=O)c4ccccc4C(=O)O[C@H]32)c(=O)n1. The summed E-state index contributed by atoms with van der Waals surface area (Å²) in [6.45, 7) is 2.43. The molecule has 1 aromatic heterocycles. The van der Waals surface area contributed by atoms with Crippen LogP contribution in [0.25, 0.3) is 0 Å². The number of nitrogens with two attached hydrogens (primary N) is 1. The number of rotatable bonds is 9. The lowest BCUT2D eigenvalue weighted by Gasteiger charge is -2.27. The number of benzene rings is 1. The lowest BCUT2D eigenvalue weighted by Crippen LogP contribution is -2.44. The molecule has 5 atom stereocenters. The normalized spacial score (nSPS) is 22.6. The van der Waals surface area contributed by atoms with Crippen molar-refractivity contribution in [3.8, 4) is 0 Å². The second-order valence-corrected chi connectivity index (χ2v) is 9.28. The highest BCUT2D eigenvalue weighted by Crippen LogP contribution is 2.36. The number of hydrogen-bond donors (Lipinski definition) is 3. The number of carbonyl (C=O) groups excluding carboxylic acids is 4. The maximum atomic E-state index is 13.0. The quantitative estimate of drug-likeness (QED) is 0.204. The Labute approximate surface area is 227 Å². The molecule has 0 radical (unpaired) electrons. The van der Waals surface area contributed by atoms with Crippen molar-refractivity contribution >= 4 is 29.7 Å². The summed E-state index contributed by atoms with van der Waals surface area (Å²) in [5, 5.41) is 9.02. The van der Waals surface area contributed by atoms with Crippen LogP contribution >= 0.6 is 0 Å². The van der Waals surface area contributed by atoms with Crippen LogP contribution in [-0.2, 0) is 33.4 Å². The lowest BCUT2D eigenvalue weighted by atomic mass is 10.0. The summed E-state index contributed by atoms with van der Waals surface area (Å²) in [7, 11) is 0. The molecule has 4 N–H and O–H groups in total. The predicted octanol–water partition coefficient (Wildman–Crippen LogP) is -0.316. The number of hydrogen-bond acceptors (Lipinski definition) is 14. The molecule has 2 aliphatic heterocycles. The Balaban J connectivity index is 1.63. The van der Waals surface area contributed by atoms with Gasteiger partial charge in [0, 0.05) is 18.9 Å². The predicted molar refractivity (Wildman–Crippen MR) is 132 cm³/mol. The summed E-state index contributed by atoms with van der Waals surface area (Å²) in [5.41, 5.74) is 6.98. The third-order valence-electron chi connectivity index (χ3n) is 6.10. The molecule has 0 spiro atoms. The van der Waals surface area contributed by atoms with Crippen molar-refractivity contribution in [2.45, 2.75) is 50.8 Å². The summed E-state index contributed by atoms with van der Waals surface area (Å²) >= 11 is 0. The summed E-state index contributed by atoms with van der Waals surface area (Å²) in [6, 6.07) is 6.06. The van der Waals surface area contributed by atoms with E-state index in [-0.39, 0.29) is 30.0 Å². The molecule has 2 aromatic rings. The number of carbonyl (C=O) groups is 4. The Morgan fingerprint density at radius 1 is 1.07 bits per heavy atom. The first kappa shape index (κ1) is 28.7. The van der Waals surface area contributed by atoms with Crippen LogP contribution in [0, 0.1) is 5.92 Å². The van der Waals surface area contributed by atoms with Crippen molar-refractivity contribution in [3.63, 3.8) is 0 Å². The first-order chi connectivity index (χ1) is 19.1. The van der Waals surface area contributed by atoms with E-state index in [1.54, 1.807) is 26.0 Å². The average molecular weight is 561 g/mol. The standard InChI is InChI=1S/C25H28N4O11/c1-12(2)21(31)40-28-17-7-9-29(25(35)27-17)20-19-18(16(37-20)11-36-24(34)15(26)8-10-30)38-22(32)13-5-3-4-6-14(13)23(33)39-19/h3-7,9,12,15-16,18-20,30H,8,10-11,26H2,1-2H3,(H,27,28,35)/t15-,16-,18-,19-,20-/m1/s1. The van der Waals surface area contributed by atoms with Crippen LogP contribution in [0.3, 0.4) is 0 Å². The van der Waals surface area contributed by atoms with Gasteiger partial charge in [0.25, 0.3) is 0 Å². The third-order valence-corrected chi connectivity index (χ3v) is 6.10. The molecule has 0 amide bonds. The van der Waals surface area contributed by atoms with Crippen LogP contribution < -0.4 is 16.9 Å². The van der Waals surface area contributed by atoms with Gasteiger partial charge in [0.05, 0.1) is 17.0 Å². The number of fused-ring (bicyclic) bond motifs is 2. The van der Waals surface area contributed by atoms with Crippen molar-refractivity contribution < 1.29 is 48.1 Å². The summed E-state index contributed by atoms with van der Waals surface area (Å²) < 4.78 is 23.4. The van der Waals surface area contributed by atoms with Crippen LogP contribution in [0.2, 0.25) is 0 Å². The molecule has 0 saturated carbocycles. The van der Waals surface area contributed by atoms with Crippen LogP contribution in [0.15, 0.2) is 41.3 Å². The average Bonchev–Trinajstić information content (AvgIpc) is 3.25. The molecule has 3 heterocycles. The minimum absolute atomic E-state index is 0.0414. The Morgan fingerprint density at radius 2 is 1.73 bits per heavy atom. The van der Waals surface area contributed by atoms with Crippen LogP contribution in [0.4, 0.5) is 5.82 Å². The fraction of sp³-hybridized carbons (Fsp3) is 0.440. The van der Waals surface area contributed by atoms with Crippen LogP contribution in [0.1, 0.15) is 47.2 Å². The second-order valence-electron chi connectivity index (χ2n) is 9.28. The van der Waals surface area contributed by atoms with Gasteiger partial charge in [0.2, 0.25) is 0 Å². The van der Waals surface area contributed by atoms with Crippen LogP contribution in [0.5, 0.6) is 0 Å². The first-order valence-electron chi connectivity index (χ1n) is 12.4. The highest BCUT2D eigenvalue weighted by atomic mass is 16.7. The number of nitrogens with zero attached hydrogens (tertiary/aromatic N) is 2. The molecular weight excluding hydrogens is 532 g/mol. The molecule has 2 aliphatic rings. The third kappa shape index (κ3) is 6.11. The van der Waals surface area contributed by atoms with Gasteiger partial charge >= 0.3 is 29.6 Å². The minimum Gasteiger partial charge on any atom is -0.462 e. The highest BCUT2D eigenvalue weighted by Gasteiger charge is 2.52. The van der Waals surface area contributed by atoms with Crippen molar-refractivity contribution in [2.75, 3.05) is 18.7 Å². The van der Waals surface area contributed by atoms with E-state index in [1.807, 2.05) is 0 Å². The number of aliphatic hydroxyl groups is 1. The van der Waals surface area contributed by atoms with Gasteiger partial charge in [0.1, 0.15) is 18.8 Å². The zero-order chi connectivity index (χ0) is 29.0. The Kier molecular flexibility index (Phi) is 8.77. The van der Waals surface area contributed by atoms with E-state index >= 15 is 0 Å². The van der Waals surface area contributed by atoms with Crippen molar-refractivity contribution in [1.82, 2.24) is 9.55 Å². The van der Waals surface area contributed by atoms with E-state index < -0.39 is 72.7 Å². The fourth-order valence-electron chi connectivity index (χ4n) is 3.96. The van der Waals surface area contributed by atoms with Gasteiger partial charge in [0.15, 0.2) is 24.3 Å². The van der Waals surface area contributed by atoms with Gasteiger partial charge in [-0.2, -0.15) is 4.98 Å². The van der Waals surface area contributed by atoms with Crippen molar-refractivity contribution in [3.05, 3.63) is 58.1 Å². The van der Waals surface area contributed by atoms with Gasteiger partial charge < -0.3 is 34.6 Å². The van der Waals surface area contributed by atoms with E-state index in [0.29, 0.717) is 0 Å². The van der Waals surface area contributed by atoms with E-state index in [2.05, 4.69) is 10.5 Å². The lowest BCUT2D eigenvalue weighted by molar-refractivity contribution is -0.152. The molecule has 4 rings (SSSR count). The molecule has 1 saturated heterocycles. The molecule has 15 heteroatoms. The molecule has 0 aliphatic carbocycles. The molecule has 1 aromatic carbocycles. The number of ether oxygens (including phenoxy) is 4. The summed E-state index contributed by atoms with van der Waals surface area (Å²) in [5.74, 6) is -3.64. The Bertz CT molecular complexity index is 1340. The number of aliphatic hydroxyl groups excluding tert-OH is 1. The second kappa shape index (κ2) is 12.2. The van der Waals surface area contributed by atoms with Crippen molar-refractivity contribution in [2.24, 2.45) is 11.7 Å². The van der Waals surface area contributed by atoms with Gasteiger partial charge in [-0.05, 0) is 18.6 Å². The highest BCUT2D eigenvalue weighted by molar-refractivity contribution is 6.03. The molecule has 15 nitrogen and oxygen atoms in total. The fourth-order valence-corrected chi connectivity index (χ4v) is 3.96. The zero-order valence-corrected chi connectivity index (χ0v) is 21.6. The van der Waals surface area contributed by atoms with E-state index in [4.69, 9.17) is 34.6 Å². The molecule has 214 valence electrons. The smallest absolute Gasteiger partial charge is 0.351 e. The molecule has 40 heavy (non-hydrogen) atoms. The summed E-state index contributed by atoms with van der Waals surface area (Å²) in [6.07, 6.45) is -3.98. The largest absolute Gasteiger partial charge is 0.462 e. The molecule has 0 unspecified atom stereocenters. The number of anilines is 1. The Hall–Kier alpha value is -4.34. The number of nitrogens with one attached hydrogen (secondary N) is 1. The maximum Gasteiger partial charge on any atom is 0.351 e. The van der Waals surface area contributed by atoms with Gasteiger partial charge in [-0.1, -0.05) is 26.0 Å². The molecule has 0 bridgehead atoms. The number of esters is 3. The minimum atomic E-state index is -1.35. The first-order valence-corrected chi connectivity index (χ1v) is 12.4. The number of aromatic nitrogens is 2. The van der Waals surface area contributed by atoms with Gasteiger partial charge in [-0.15, -0.1) is 0 Å². The van der Waals surface area contributed by atoms with Crippen LogP contribution in [-0.4, -0.2) is 76.1 Å². The van der Waals surface area contributed by atoms with Gasteiger partial charge in [-0.3, -0.25) is 9.36 Å². The molecule has 1 fully saturated rings. The van der Waals surface area contributed by atoms with E-state index in [9.17, 15) is 24.0 Å². The monoisotopic (exact) mass is 560 g/mol. The van der Waals surface area contributed by atoms with Gasteiger partial charge in [-0.25, -0.2) is 24.7 Å². The van der Waals surface area contributed by atoms with E-state index in [1.165, 1.54) is 24.4 Å². The summed E-state index contributed by atoms with van der Waals surface area (Å²) in [4.78, 5) is 71.5. The Morgan fingerprint density at radius 3 is 2.33 bits per heavy atom. The van der Waals surface area contributed by atoms with E-state index in [0.717, 1.165) is 4.57 Å². The maximum absolute atomic E-state index is 13.0.